The lowest BCUT2D eigenvalue weighted by atomic mass is 10.2. The van der Waals surface area contributed by atoms with Gasteiger partial charge in [0.15, 0.2) is 0 Å². The highest BCUT2D eigenvalue weighted by Gasteiger charge is 2.16. The number of anilines is 1. The van der Waals surface area contributed by atoms with Crippen LogP contribution in [0, 0.1) is 13.8 Å². The zero-order valence-electron chi connectivity index (χ0n) is 16.5. The Morgan fingerprint density at radius 3 is 2.77 bits per heavy atom. The van der Waals surface area contributed by atoms with Crippen molar-refractivity contribution in [2.24, 2.45) is 0 Å². The highest BCUT2D eigenvalue weighted by atomic mass is 35.5. The van der Waals surface area contributed by atoms with Crippen LogP contribution < -0.4 is 10.1 Å². The van der Waals surface area contributed by atoms with E-state index in [2.05, 4.69) is 15.3 Å². The van der Waals surface area contributed by atoms with E-state index in [0.717, 1.165) is 31.4 Å². The lowest BCUT2D eigenvalue weighted by Gasteiger charge is -2.06. The van der Waals surface area contributed by atoms with Crippen molar-refractivity contribution in [3.8, 4) is 16.3 Å². The van der Waals surface area contributed by atoms with Crippen LogP contribution >= 0.6 is 34.3 Å². The van der Waals surface area contributed by atoms with E-state index in [9.17, 15) is 4.79 Å². The maximum Gasteiger partial charge on any atom is 0.412 e. The Morgan fingerprint density at radius 1 is 1.13 bits per heavy atom. The van der Waals surface area contributed by atoms with E-state index in [1.165, 1.54) is 11.3 Å². The standard InChI is InChI=1S/C21H18ClN3O3S2/c1-11-19(30-20(23-11)15-6-5-14(22)9-17(15)27-3)25-21(26)28-10-13-4-7-18-16(8-13)24-12(2)29-18/h4-9H,10H2,1-3H3,(H,25,26). The maximum atomic E-state index is 12.3. The first kappa shape index (κ1) is 20.6. The molecule has 0 fully saturated rings. The summed E-state index contributed by atoms with van der Waals surface area (Å²) in [7, 11) is 1.58. The van der Waals surface area contributed by atoms with Crippen molar-refractivity contribution in [1.82, 2.24) is 9.97 Å². The largest absolute Gasteiger partial charge is 0.496 e. The Bertz CT molecular complexity index is 1240. The second-order valence-corrected chi connectivity index (χ2v) is 9.18. The van der Waals surface area contributed by atoms with Crippen LogP contribution in [0.15, 0.2) is 36.4 Å². The number of hydrogen-bond acceptors (Lipinski definition) is 7. The maximum absolute atomic E-state index is 12.3. The molecule has 2 aromatic carbocycles. The molecule has 6 nitrogen and oxygen atoms in total. The first-order chi connectivity index (χ1) is 14.4. The average molecular weight is 460 g/mol. The Hall–Kier alpha value is -2.68. The quantitative estimate of drug-likeness (QED) is 0.371. The van der Waals surface area contributed by atoms with Gasteiger partial charge in [0.05, 0.1) is 33.6 Å². The Morgan fingerprint density at radius 2 is 1.97 bits per heavy atom. The molecule has 2 heterocycles. The number of nitrogens with zero attached hydrogens (tertiary/aromatic N) is 2. The number of rotatable bonds is 5. The fourth-order valence-electron chi connectivity index (χ4n) is 2.93. The van der Waals surface area contributed by atoms with Crippen LogP contribution in [0.1, 0.15) is 16.3 Å². The van der Waals surface area contributed by atoms with E-state index in [0.29, 0.717) is 21.5 Å². The van der Waals surface area contributed by atoms with Gasteiger partial charge in [0.2, 0.25) is 0 Å². The Kier molecular flexibility index (Phi) is 5.90. The molecule has 1 N–H and O–H groups in total. The smallest absolute Gasteiger partial charge is 0.412 e. The molecule has 0 aliphatic carbocycles. The number of benzene rings is 2. The number of amides is 1. The highest BCUT2D eigenvalue weighted by molar-refractivity contribution is 7.19. The molecular weight excluding hydrogens is 442 g/mol. The van der Waals surface area contributed by atoms with Crippen LogP contribution in [0.25, 0.3) is 20.8 Å². The van der Waals surface area contributed by atoms with Crippen molar-refractivity contribution in [3.05, 3.63) is 57.7 Å². The minimum atomic E-state index is -0.536. The number of carbonyl (C=O) groups is 1. The molecular formula is C21H18ClN3O3S2. The zero-order valence-corrected chi connectivity index (χ0v) is 18.9. The number of halogens is 1. The summed E-state index contributed by atoms with van der Waals surface area (Å²) in [4.78, 5) is 21.3. The number of aromatic nitrogens is 2. The van der Waals surface area contributed by atoms with Gasteiger partial charge in [0.1, 0.15) is 22.4 Å². The van der Waals surface area contributed by atoms with Gasteiger partial charge in [-0.25, -0.2) is 14.8 Å². The predicted octanol–water partition coefficient (Wildman–Crippen LogP) is 6.45. The van der Waals surface area contributed by atoms with E-state index >= 15 is 0 Å². The number of ether oxygens (including phenoxy) is 2. The number of thiazole rings is 2. The summed E-state index contributed by atoms with van der Waals surface area (Å²) >= 11 is 9.02. The topological polar surface area (TPSA) is 73.3 Å². The van der Waals surface area contributed by atoms with Crippen LogP contribution in [-0.4, -0.2) is 23.2 Å². The van der Waals surface area contributed by atoms with E-state index in [1.54, 1.807) is 30.6 Å². The van der Waals surface area contributed by atoms with Gasteiger partial charge in [-0.2, -0.15) is 0 Å². The van der Waals surface area contributed by atoms with Gasteiger partial charge in [-0.05, 0) is 49.7 Å². The summed E-state index contributed by atoms with van der Waals surface area (Å²) in [6.07, 6.45) is -0.536. The number of aryl methyl sites for hydroxylation is 2. The summed E-state index contributed by atoms with van der Waals surface area (Å²) in [6.45, 7) is 3.96. The molecule has 0 radical (unpaired) electrons. The van der Waals surface area contributed by atoms with Gasteiger partial charge in [-0.3, -0.25) is 5.32 Å². The summed E-state index contributed by atoms with van der Waals surface area (Å²) in [5.41, 5.74) is 3.31. The first-order valence-corrected chi connectivity index (χ1v) is 11.0. The molecule has 0 unspecified atom stereocenters. The molecule has 0 saturated heterocycles. The average Bonchev–Trinajstić information content (AvgIpc) is 3.27. The van der Waals surface area contributed by atoms with E-state index < -0.39 is 6.09 Å². The molecule has 0 spiro atoms. The number of fused-ring (bicyclic) bond motifs is 1. The van der Waals surface area contributed by atoms with Gasteiger partial charge < -0.3 is 9.47 Å². The molecule has 1 amide bonds. The van der Waals surface area contributed by atoms with Gasteiger partial charge >= 0.3 is 6.09 Å². The monoisotopic (exact) mass is 459 g/mol. The zero-order chi connectivity index (χ0) is 21.3. The second kappa shape index (κ2) is 8.59. The first-order valence-electron chi connectivity index (χ1n) is 9.04. The van der Waals surface area contributed by atoms with Crippen LogP contribution in [0.4, 0.5) is 9.80 Å². The van der Waals surface area contributed by atoms with Gasteiger partial charge in [-0.1, -0.05) is 29.0 Å². The molecule has 0 atom stereocenters. The van der Waals surface area contributed by atoms with Gasteiger partial charge in [0.25, 0.3) is 0 Å². The van der Waals surface area contributed by atoms with Crippen molar-refractivity contribution in [2.75, 3.05) is 12.4 Å². The van der Waals surface area contributed by atoms with Gasteiger partial charge in [-0.15, -0.1) is 11.3 Å². The summed E-state index contributed by atoms with van der Waals surface area (Å²) in [5, 5.41) is 5.71. The third-order valence-electron chi connectivity index (χ3n) is 4.34. The predicted molar refractivity (Wildman–Crippen MR) is 122 cm³/mol. The molecule has 0 aliphatic rings. The minimum absolute atomic E-state index is 0.161. The van der Waals surface area contributed by atoms with Crippen LogP contribution in [-0.2, 0) is 11.3 Å². The Labute approximate surface area is 186 Å². The SMILES string of the molecule is COc1cc(Cl)ccc1-c1nc(C)c(NC(=O)OCc2ccc3sc(C)nc3c2)s1. The third kappa shape index (κ3) is 4.40. The molecule has 2 aromatic heterocycles. The molecule has 0 bridgehead atoms. The second-order valence-electron chi connectivity index (χ2n) is 6.51. The number of carbonyl (C=O) groups excluding carboxylic acids is 1. The lowest BCUT2D eigenvalue weighted by Crippen LogP contribution is -2.13. The van der Waals surface area contributed by atoms with Gasteiger partial charge in [0, 0.05) is 5.02 Å². The van der Waals surface area contributed by atoms with Crippen molar-refractivity contribution in [1.29, 1.82) is 0 Å². The third-order valence-corrected chi connectivity index (χ3v) is 6.63. The lowest BCUT2D eigenvalue weighted by molar-refractivity contribution is 0.155. The van der Waals surface area contributed by atoms with Crippen LogP contribution in [0.3, 0.4) is 0 Å². The van der Waals surface area contributed by atoms with Crippen LogP contribution in [0.5, 0.6) is 5.75 Å². The Balaban J connectivity index is 1.44. The fraction of sp³-hybridized carbons (Fsp3) is 0.190. The molecule has 4 rings (SSSR count). The number of hydrogen-bond donors (Lipinski definition) is 1. The molecule has 0 saturated carbocycles. The highest BCUT2D eigenvalue weighted by Crippen LogP contribution is 2.38. The fourth-order valence-corrected chi connectivity index (χ4v) is 4.88. The minimum Gasteiger partial charge on any atom is -0.496 e. The van der Waals surface area contributed by atoms with Crippen molar-refractivity contribution < 1.29 is 14.3 Å². The van der Waals surface area contributed by atoms with Crippen molar-refractivity contribution in [3.63, 3.8) is 0 Å². The summed E-state index contributed by atoms with van der Waals surface area (Å²) in [5.74, 6) is 0.623. The summed E-state index contributed by atoms with van der Waals surface area (Å²) in [6, 6.07) is 11.2. The number of nitrogens with one attached hydrogen (secondary N) is 1. The molecule has 30 heavy (non-hydrogen) atoms. The summed E-state index contributed by atoms with van der Waals surface area (Å²) < 4.78 is 11.9. The molecule has 9 heteroatoms. The molecule has 4 aromatic rings. The molecule has 0 aliphatic heterocycles. The molecule has 154 valence electrons. The van der Waals surface area contributed by atoms with E-state index in [-0.39, 0.29) is 6.61 Å². The number of methoxy groups -OCH3 is 1. The normalized spacial score (nSPS) is 10.9. The van der Waals surface area contributed by atoms with Crippen molar-refractivity contribution in [2.45, 2.75) is 20.5 Å². The van der Waals surface area contributed by atoms with E-state index in [1.807, 2.05) is 38.1 Å². The van der Waals surface area contributed by atoms with E-state index in [4.69, 9.17) is 21.1 Å². The van der Waals surface area contributed by atoms with Crippen LogP contribution in [0.2, 0.25) is 5.02 Å². The van der Waals surface area contributed by atoms with Crippen molar-refractivity contribution >= 4 is 55.6 Å².